The maximum Gasteiger partial charge on any atom is 0.133 e. The highest BCUT2D eigenvalue weighted by molar-refractivity contribution is 9.10. The van der Waals surface area contributed by atoms with Crippen LogP contribution in [0.3, 0.4) is 0 Å². The summed E-state index contributed by atoms with van der Waals surface area (Å²) in [5.74, 6) is 1.01. The van der Waals surface area contributed by atoms with E-state index in [4.69, 9.17) is 0 Å². The van der Waals surface area contributed by atoms with E-state index in [1.54, 1.807) is 0 Å². The minimum atomic E-state index is 0.827. The quantitative estimate of drug-likeness (QED) is 0.818. The summed E-state index contributed by atoms with van der Waals surface area (Å²) in [6.45, 7) is 10.7. The smallest absolute Gasteiger partial charge is 0.133 e. The number of anilines is 1. The van der Waals surface area contributed by atoms with Gasteiger partial charge in [-0.2, -0.15) is 0 Å². The molecule has 0 fully saturated rings. The first kappa shape index (κ1) is 14.2. The second-order valence-electron chi connectivity index (χ2n) is 4.23. The van der Waals surface area contributed by atoms with Gasteiger partial charge in [0.05, 0.1) is 0 Å². The van der Waals surface area contributed by atoms with E-state index in [9.17, 15) is 0 Å². The number of nitrogens with one attached hydrogen (secondary N) is 1. The topological polar surface area (TPSA) is 28.2 Å². The molecular formula is C13H20BrN3. The molecular weight excluding hydrogens is 278 g/mol. The van der Waals surface area contributed by atoms with Crippen molar-refractivity contribution in [1.82, 2.24) is 10.3 Å². The third kappa shape index (κ3) is 4.48. The van der Waals surface area contributed by atoms with E-state index in [1.165, 1.54) is 5.56 Å². The van der Waals surface area contributed by atoms with Gasteiger partial charge >= 0.3 is 0 Å². The van der Waals surface area contributed by atoms with Crippen LogP contribution in [0.1, 0.15) is 19.4 Å². The van der Waals surface area contributed by atoms with Crippen molar-refractivity contribution in [2.75, 3.05) is 25.0 Å². The Hall–Kier alpha value is -0.870. The number of pyridine rings is 1. The van der Waals surface area contributed by atoms with Gasteiger partial charge in [0, 0.05) is 36.4 Å². The van der Waals surface area contributed by atoms with Crippen LogP contribution in [-0.4, -0.2) is 25.1 Å². The molecule has 1 rings (SSSR count). The SMILES string of the molecule is C=C(C)CN(C)c1ncc(Br)cc1CNCC. The van der Waals surface area contributed by atoms with Crippen molar-refractivity contribution in [2.24, 2.45) is 0 Å². The zero-order chi connectivity index (χ0) is 12.8. The maximum atomic E-state index is 4.48. The lowest BCUT2D eigenvalue weighted by Crippen LogP contribution is -2.23. The van der Waals surface area contributed by atoms with Crippen molar-refractivity contribution in [2.45, 2.75) is 20.4 Å². The van der Waals surface area contributed by atoms with Gasteiger partial charge in [-0.25, -0.2) is 4.98 Å². The Bertz CT molecular complexity index is 390. The highest BCUT2D eigenvalue weighted by Crippen LogP contribution is 2.21. The average Bonchev–Trinajstić information content (AvgIpc) is 2.25. The van der Waals surface area contributed by atoms with Crippen molar-refractivity contribution < 1.29 is 0 Å². The monoisotopic (exact) mass is 297 g/mol. The van der Waals surface area contributed by atoms with Gasteiger partial charge in [-0.3, -0.25) is 0 Å². The van der Waals surface area contributed by atoms with Crippen LogP contribution in [0.5, 0.6) is 0 Å². The molecule has 1 aromatic rings. The molecule has 0 saturated heterocycles. The van der Waals surface area contributed by atoms with Gasteiger partial charge in [-0.15, -0.1) is 0 Å². The van der Waals surface area contributed by atoms with Gasteiger partial charge in [0.1, 0.15) is 5.82 Å². The van der Waals surface area contributed by atoms with Gasteiger partial charge in [0.25, 0.3) is 0 Å². The first-order chi connectivity index (χ1) is 8.04. The van der Waals surface area contributed by atoms with Crippen molar-refractivity contribution in [1.29, 1.82) is 0 Å². The molecule has 0 amide bonds. The summed E-state index contributed by atoms with van der Waals surface area (Å²) in [4.78, 5) is 6.61. The van der Waals surface area contributed by atoms with Gasteiger partial charge in [0.2, 0.25) is 0 Å². The molecule has 0 aliphatic carbocycles. The maximum absolute atomic E-state index is 4.48. The molecule has 1 aromatic heterocycles. The molecule has 94 valence electrons. The molecule has 17 heavy (non-hydrogen) atoms. The molecule has 0 aromatic carbocycles. The van der Waals surface area contributed by atoms with Gasteiger partial charge in [-0.05, 0) is 35.5 Å². The third-order valence-corrected chi connectivity index (χ3v) is 2.78. The Kier molecular flexibility index (Phi) is 5.65. The summed E-state index contributed by atoms with van der Waals surface area (Å²) in [6.07, 6.45) is 1.83. The molecule has 0 spiro atoms. The van der Waals surface area contributed by atoms with Crippen LogP contribution in [0.4, 0.5) is 5.82 Å². The van der Waals surface area contributed by atoms with E-state index in [2.05, 4.69) is 50.7 Å². The Morgan fingerprint density at radius 2 is 2.29 bits per heavy atom. The lowest BCUT2D eigenvalue weighted by atomic mass is 10.2. The highest BCUT2D eigenvalue weighted by Gasteiger charge is 2.09. The molecule has 0 atom stereocenters. The van der Waals surface area contributed by atoms with E-state index >= 15 is 0 Å². The first-order valence-electron chi connectivity index (χ1n) is 5.75. The molecule has 0 unspecified atom stereocenters. The highest BCUT2D eigenvalue weighted by atomic mass is 79.9. The Balaban J connectivity index is 2.92. The molecule has 4 heteroatoms. The van der Waals surface area contributed by atoms with Crippen molar-refractivity contribution in [3.63, 3.8) is 0 Å². The van der Waals surface area contributed by atoms with Crippen LogP contribution in [0, 0.1) is 0 Å². The zero-order valence-electron chi connectivity index (χ0n) is 10.8. The van der Waals surface area contributed by atoms with Crippen LogP contribution in [0.2, 0.25) is 0 Å². The molecule has 0 bridgehead atoms. The number of hydrogen-bond donors (Lipinski definition) is 1. The number of likely N-dealkylation sites (N-methyl/N-ethyl adjacent to an activating group) is 1. The minimum Gasteiger partial charge on any atom is -0.355 e. The fourth-order valence-corrected chi connectivity index (χ4v) is 2.07. The van der Waals surface area contributed by atoms with E-state index in [1.807, 2.05) is 20.2 Å². The Labute approximate surface area is 112 Å². The number of hydrogen-bond acceptors (Lipinski definition) is 3. The fraction of sp³-hybridized carbons (Fsp3) is 0.462. The summed E-state index contributed by atoms with van der Waals surface area (Å²) >= 11 is 3.46. The molecule has 1 N–H and O–H groups in total. The molecule has 0 saturated carbocycles. The number of halogens is 1. The predicted molar refractivity (Wildman–Crippen MR) is 77.4 cm³/mol. The van der Waals surface area contributed by atoms with E-state index in [-0.39, 0.29) is 0 Å². The largest absolute Gasteiger partial charge is 0.355 e. The normalized spacial score (nSPS) is 10.4. The van der Waals surface area contributed by atoms with Gasteiger partial charge in [-0.1, -0.05) is 19.1 Å². The number of nitrogens with zero attached hydrogens (tertiary/aromatic N) is 2. The van der Waals surface area contributed by atoms with E-state index in [0.717, 1.165) is 35.5 Å². The van der Waals surface area contributed by atoms with Crippen molar-refractivity contribution >= 4 is 21.7 Å². The number of aromatic nitrogens is 1. The van der Waals surface area contributed by atoms with E-state index in [0.29, 0.717) is 0 Å². The predicted octanol–water partition coefficient (Wildman–Crippen LogP) is 2.97. The molecule has 1 heterocycles. The molecule has 3 nitrogen and oxygen atoms in total. The Morgan fingerprint density at radius 1 is 1.59 bits per heavy atom. The molecule has 0 aliphatic heterocycles. The van der Waals surface area contributed by atoms with Crippen molar-refractivity contribution in [3.05, 3.63) is 34.5 Å². The van der Waals surface area contributed by atoms with Crippen LogP contribution in [-0.2, 0) is 6.54 Å². The number of rotatable bonds is 6. The first-order valence-corrected chi connectivity index (χ1v) is 6.54. The van der Waals surface area contributed by atoms with Gasteiger partial charge in [0.15, 0.2) is 0 Å². The van der Waals surface area contributed by atoms with Crippen LogP contribution in [0.25, 0.3) is 0 Å². The summed E-state index contributed by atoms with van der Waals surface area (Å²) in [5.41, 5.74) is 2.33. The lowest BCUT2D eigenvalue weighted by molar-refractivity contribution is 0.720. The summed E-state index contributed by atoms with van der Waals surface area (Å²) in [5, 5.41) is 3.33. The summed E-state index contributed by atoms with van der Waals surface area (Å²) in [6, 6.07) is 2.11. The van der Waals surface area contributed by atoms with E-state index < -0.39 is 0 Å². The minimum absolute atomic E-state index is 0.827. The van der Waals surface area contributed by atoms with Crippen LogP contribution >= 0.6 is 15.9 Å². The summed E-state index contributed by atoms with van der Waals surface area (Å²) < 4.78 is 1.01. The molecule has 0 aliphatic rings. The third-order valence-electron chi connectivity index (χ3n) is 2.34. The van der Waals surface area contributed by atoms with Crippen molar-refractivity contribution in [3.8, 4) is 0 Å². The van der Waals surface area contributed by atoms with Crippen LogP contribution in [0.15, 0.2) is 28.9 Å². The standard InChI is InChI=1S/C13H20BrN3/c1-5-15-7-11-6-12(14)8-16-13(11)17(4)9-10(2)3/h6,8,15H,2,5,7,9H2,1,3-4H3. The average molecular weight is 298 g/mol. The Morgan fingerprint density at radius 3 is 2.88 bits per heavy atom. The molecule has 0 radical (unpaired) electrons. The van der Waals surface area contributed by atoms with Crippen LogP contribution < -0.4 is 10.2 Å². The fourth-order valence-electron chi connectivity index (χ4n) is 1.69. The lowest BCUT2D eigenvalue weighted by Gasteiger charge is -2.21. The zero-order valence-corrected chi connectivity index (χ0v) is 12.3. The second-order valence-corrected chi connectivity index (χ2v) is 5.15. The summed E-state index contributed by atoms with van der Waals surface area (Å²) in [7, 11) is 2.04. The second kappa shape index (κ2) is 6.77. The van der Waals surface area contributed by atoms with Gasteiger partial charge < -0.3 is 10.2 Å².